The Hall–Kier alpha value is -0.413. The van der Waals surface area contributed by atoms with E-state index in [0.29, 0.717) is 28.1 Å². The molecule has 0 aromatic rings. The van der Waals surface area contributed by atoms with Crippen LogP contribution in [0.4, 0.5) is 0 Å². The maximum atomic E-state index is 9.58. The molecule has 0 unspecified atom stereocenters. The first-order valence-corrected chi connectivity index (χ1v) is 9.70. The third kappa shape index (κ3) is 3.37. The highest BCUT2D eigenvalue weighted by Crippen LogP contribution is 2.44. The van der Waals surface area contributed by atoms with E-state index >= 15 is 0 Å². The van der Waals surface area contributed by atoms with Crippen molar-refractivity contribution in [3.05, 3.63) is 22.6 Å². The Morgan fingerprint density at radius 1 is 1.05 bits per heavy atom. The van der Waals surface area contributed by atoms with Crippen molar-refractivity contribution in [2.45, 2.75) is 71.0 Å². The van der Waals surface area contributed by atoms with Crippen molar-refractivity contribution in [1.29, 1.82) is 0 Å². The minimum absolute atomic E-state index is 0.278. The average molecular weight is 303 g/mol. The Labute approximate surface area is 123 Å². The normalized spacial score (nSPS) is 17.5. The summed E-state index contributed by atoms with van der Waals surface area (Å²) in [6.45, 7) is 13.6. The lowest BCUT2D eigenvalue weighted by molar-refractivity contribution is 0.327. The largest absolute Gasteiger partial charge is 0.546 e. The van der Waals surface area contributed by atoms with Gasteiger partial charge >= 0.3 is 0 Å². The van der Waals surface area contributed by atoms with Crippen LogP contribution in [0.2, 0.25) is 16.6 Å². The van der Waals surface area contributed by atoms with E-state index < -0.39 is 8.32 Å². The summed E-state index contributed by atoms with van der Waals surface area (Å²) in [7, 11) is -1.90. The molecule has 19 heavy (non-hydrogen) atoms. The van der Waals surface area contributed by atoms with E-state index in [-0.39, 0.29) is 5.76 Å². The third-order valence-electron chi connectivity index (χ3n) is 4.19. The molecule has 0 aromatic heterocycles. The van der Waals surface area contributed by atoms with Crippen molar-refractivity contribution in [3.63, 3.8) is 0 Å². The summed E-state index contributed by atoms with van der Waals surface area (Å²) in [4.78, 5) is 0. The van der Waals surface area contributed by atoms with Gasteiger partial charge in [-0.2, -0.15) is 0 Å². The van der Waals surface area contributed by atoms with E-state index in [1.807, 2.05) is 0 Å². The molecule has 0 fully saturated rings. The molecule has 0 spiro atoms. The summed E-state index contributed by atoms with van der Waals surface area (Å²) in [5.41, 5.74) is 1.64. The third-order valence-corrected chi connectivity index (χ3v) is 10.5. The lowest BCUT2D eigenvalue weighted by atomic mass is 10.1. The van der Waals surface area contributed by atoms with Gasteiger partial charge in [0.2, 0.25) is 0 Å². The summed E-state index contributed by atoms with van der Waals surface area (Å²) in [5.74, 6) is 1.23. The fraction of sp³-hybridized carbons (Fsp3) is 0.733. The number of rotatable bonds is 5. The maximum Gasteiger partial charge on any atom is 0.258 e. The first kappa shape index (κ1) is 16.6. The highest BCUT2D eigenvalue weighted by atomic mass is 35.5. The fourth-order valence-electron chi connectivity index (χ4n) is 3.32. The van der Waals surface area contributed by atoms with Crippen molar-refractivity contribution in [2.24, 2.45) is 0 Å². The summed E-state index contributed by atoms with van der Waals surface area (Å²) in [5, 5.41) is 10.0. The molecule has 0 aromatic carbocycles. The van der Waals surface area contributed by atoms with Crippen molar-refractivity contribution in [1.82, 2.24) is 0 Å². The maximum absolute atomic E-state index is 9.58. The van der Waals surface area contributed by atoms with Crippen molar-refractivity contribution in [2.75, 3.05) is 0 Å². The number of hydrogen-bond donors (Lipinski definition) is 1. The molecule has 0 bridgehead atoms. The van der Waals surface area contributed by atoms with E-state index in [9.17, 15) is 5.11 Å². The highest BCUT2D eigenvalue weighted by Gasteiger charge is 2.47. The van der Waals surface area contributed by atoms with Gasteiger partial charge in [-0.15, -0.1) is 0 Å². The fourth-order valence-corrected chi connectivity index (χ4v) is 8.86. The number of aliphatic hydroxyl groups is 1. The van der Waals surface area contributed by atoms with E-state index in [1.165, 1.54) is 0 Å². The molecule has 1 aliphatic rings. The summed E-state index contributed by atoms with van der Waals surface area (Å²) >= 11 is 6.02. The van der Waals surface area contributed by atoms with Crippen LogP contribution in [0, 0.1) is 0 Å². The molecule has 0 heterocycles. The van der Waals surface area contributed by atoms with Gasteiger partial charge in [-0.1, -0.05) is 53.1 Å². The molecular formula is C15H27ClO2Si. The van der Waals surface area contributed by atoms with Gasteiger partial charge in [-0.3, -0.25) is 0 Å². The Morgan fingerprint density at radius 2 is 1.53 bits per heavy atom. The number of aliphatic hydroxyl groups excluding tert-OH is 1. The van der Waals surface area contributed by atoms with Crippen LogP contribution in [0.3, 0.4) is 0 Å². The van der Waals surface area contributed by atoms with Gasteiger partial charge in [0.05, 0.1) is 10.8 Å². The van der Waals surface area contributed by atoms with Gasteiger partial charge in [0.25, 0.3) is 8.32 Å². The Balaban J connectivity index is 3.07. The zero-order chi connectivity index (χ0) is 14.8. The van der Waals surface area contributed by atoms with E-state index in [4.69, 9.17) is 16.0 Å². The van der Waals surface area contributed by atoms with Gasteiger partial charge in [-0.25, -0.2) is 0 Å². The molecule has 1 aliphatic carbocycles. The minimum Gasteiger partial charge on any atom is -0.546 e. The SMILES string of the molecule is CC(C)[Si](OC1=CC(Cl)=C(O)CC1)(C(C)C)C(C)C. The van der Waals surface area contributed by atoms with Crippen LogP contribution < -0.4 is 0 Å². The molecule has 0 amide bonds. The second-order valence-corrected chi connectivity index (χ2v) is 12.1. The topological polar surface area (TPSA) is 29.5 Å². The van der Waals surface area contributed by atoms with Crippen LogP contribution >= 0.6 is 11.6 Å². The monoisotopic (exact) mass is 302 g/mol. The summed E-state index contributed by atoms with van der Waals surface area (Å²) in [6, 6.07) is 0. The Kier molecular flexibility index (Phi) is 5.57. The van der Waals surface area contributed by atoms with Crippen molar-refractivity contribution >= 4 is 19.9 Å². The zero-order valence-electron chi connectivity index (χ0n) is 13.0. The number of halogens is 1. The molecule has 4 heteroatoms. The van der Waals surface area contributed by atoms with Gasteiger partial charge in [-0.05, 0) is 22.7 Å². The van der Waals surface area contributed by atoms with Crippen LogP contribution in [-0.4, -0.2) is 13.4 Å². The molecule has 2 nitrogen and oxygen atoms in total. The molecule has 0 saturated carbocycles. The van der Waals surface area contributed by atoms with Crippen LogP contribution in [0.25, 0.3) is 0 Å². The van der Waals surface area contributed by atoms with Crippen LogP contribution in [-0.2, 0) is 4.43 Å². The van der Waals surface area contributed by atoms with Crippen LogP contribution in [0.5, 0.6) is 0 Å². The van der Waals surface area contributed by atoms with Crippen LogP contribution in [0.15, 0.2) is 22.6 Å². The van der Waals surface area contributed by atoms with E-state index in [2.05, 4.69) is 41.5 Å². The first-order valence-electron chi connectivity index (χ1n) is 7.19. The summed E-state index contributed by atoms with van der Waals surface area (Å²) in [6.07, 6.45) is 3.14. The molecule has 1 rings (SSSR count). The Morgan fingerprint density at radius 3 is 1.89 bits per heavy atom. The summed E-state index contributed by atoms with van der Waals surface area (Å²) < 4.78 is 6.55. The number of hydrogen-bond acceptors (Lipinski definition) is 2. The predicted molar refractivity (Wildman–Crippen MR) is 85.0 cm³/mol. The average Bonchev–Trinajstić information content (AvgIpc) is 2.29. The second kappa shape index (κ2) is 6.36. The van der Waals surface area contributed by atoms with Crippen molar-refractivity contribution < 1.29 is 9.53 Å². The lowest BCUT2D eigenvalue weighted by Crippen LogP contribution is -2.47. The Bertz CT molecular complexity index is 362. The second-order valence-electron chi connectivity index (χ2n) is 6.32. The highest BCUT2D eigenvalue weighted by molar-refractivity contribution is 6.77. The van der Waals surface area contributed by atoms with Gasteiger partial charge in [0, 0.05) is 12.8 Å². The molecule has 0 radical (unpaired) electrons. The molecule has 1 N–H and O–H groups in total. The zero-order valence-corrected chi connectivity index (χ0v) is 14.7. The quantitative estimate of drug-likeness (QED) is 0.644. The van der Waals surface area contributed by atoms with E-state index in [0.717, 1.165) is 12.2 Å². The van der Waals surface area contributed by atoms with Crippen molar-refractivity contribution in [3.8, 4) is 0 Å². The number of allylic oxidation sites excluding steroid dienone is 4. The van der Waals surface area contributed by atoms with Gasteiger partial charge in [0.15, 0.2) is 0 Å². The van der Waals surface area contributed by atoms with Gasteiger partial charge in [0.1, 0.15) is 5.76 Å². The van der Waals surface area contributed by atoms with E-state index in [1.54, 1.807) is 6.08 Å². The molecule has 0 saturated heterocycles. The smallest absolute Gasteiger partial charge is 0.258 e. The molecule has 0 atom stereocenters. The molecule has 110 valence electrons. The molecular weight excluding hydrogens is 276 g/mol. The lowest BCUT2D eigenvalue weighted by Gasteiger charge is -2.43. The molecule has 0 aliphatic heterocycles. The predicted octanol–water partition coefficient (Wildman–Crippen LogP) is 5.86. The van der Waals surface area contributed by atoms with Crippen LogP contribution in [0.1, 0.15) is 54.4 Å². The minimum atomic E-state index is -1.90. The first-order chi connectivity index (χ1) is 8.71. The standard InChI is InChI=1S/C15H27ClO2Si/c1-10(2)19(11(3)4,12(5)6)18-13-7-8-15(17)14(16)9-13/h9-12,17H,7-8H2,1-6H3. The van der Waals surface area contributed by atoms with Gasteiger partial charge < -0.3 is 9.53 Å².